The standard InChI is InChI=1S/C24H31N5O2/c30-23(28-17-15-27(16-18-28)22-10-4-5-13-25-22)12-11-20-7-6-14-29(19-20)24(31)26-21-8-2-1-3-9-21/h1-5,8-10,13,20H,6-7,11-12,14-19H2,(H,26,31). The van der Waals surface area contributed by atoms with Gasteiger partial charge in [-0.3, -0.25) is 4.79 Å². The first-order valence-electron chi connectivity index (χ1n) is 11.2. The molecule has 1 aromatic carbocycles. The topological polar surface area (TPSA) is 68.8 Å². The van der Waals surface area contributed by atoms with Gasteiger partial charge in [0.2, 0.25) is 5.91 Å². The number of amides is 3. The fourth-order valence-electron chi connectivity index (χ4n) is 4.42. The normalized spacial score (nSPS) is 19.2. The summed E-state index contributed by atoms with van der Waals surface area (Å²) in [6.45, 7) is 4.62. The fourth-order valence-corrected chi connectivity index (χ4v) is 4.42. The molecule has 3 amide bonds. The molecule has 0 aliphatic carbocycles. The van der Waals surface area contributed by atoms with E-state index in [2.05, 4.69) is 15.2 Å². The summed E-state index contributed by atoms with van der Waals surface area (Å²) >= 11 is 0. The summed E-state index contributed by atoms with van der Waals surface area (Å²) in [5, 5.41) is 2.97. The number of likely N-dealkylation sites (tertiary alicyclic amines) is 1. The van der Waals surface area contributed by atoms with E-state index in [4.69, 9.17) is 0 Å². The lowest BCUT2D eigenvalue weighted by atomic mass is 9.93. The molecule has 4 rings (SSSR count). The van der Waals surface area contributed by atoms with Gasteiger partial charge in [0.25, 0.3) is 0 Å². The molecule has 7 heteroatoms. The van der Waals surface area contributed by atoms with E-state index in [0.29, 0.717) is 12.3 Å². The molecule has 2 aromatic rings. The van der Waals surface area contributed by atoms with Crippen LogP contribution < -0.4 is 10.2 Å². The van der Waals surface area contributed by atoms with Crippen molar-refractivity contribution in [2.45, 2.75) is 25.7 Å². The zero-order chi connectivity index (χ0) is 21.5. The maximum Gasteiger partial charge on any atom is 0.321 e. The minimum absolute atomic E-state index is 0.0483. The van der Waals surface area contributed by atoms with Crippen LogP contribution >= 0.6 is 0 Å². The average molecular weight is 422 g/mol. The number of nitrogens with one attached hydrogen (secondary N) is 1. The SMILES string of the molecule is O=C(CCC1CCCN(C(=O)Nc2ccccc2)C1)N1CCN(c2ccccn2)CC1. The van der Waals surface area contributed by atoms with E-state index in [-0.39, 0.29) is 11.9 Å². The summed E-state index contributed by atoms with van der Waals surface area (Å²) in [7, 11) is 0. The van der Waals surface area contributed by atoms with Crippen molar-refractivity contribution in [2.24, 2.45) is 5.92 Å². The monoisotopic (exact) mass is 421 g/mol. The summed E-state index contributed by atoms with van der Waals surface area (Å²) in [6.07, 6.45) is 5.27. The van der Waals surface area contributed by atoms with Crippen molar-refractivity contribution >= 4 is 23.4 Å². The van der Waals surface area contributed by atoms with E-state index in [1.165, 1.54) is 0 Å². The number of hydrogen-bond donors (Lipinski definition) is 1. The second-order valence-corrected chi connectivity index (χ2v) is 8.34. The van der Waals surface area contributed by atoms with Gasteiger partial charge >= 0.3 is 6.03 Å². The number of hydrogen-bond acceptors (Lipinski definition) is 4. The molecule has 0 spiro atoms. The Morgan fingerprint density at radius 1 is 0.935 bits per heavy atom. The summed E-state index contributed by atoms with van der Waals surface area (Å²) < 4.78 is 0. The molecule has 3 heterocycles. The van der Waals surface area contributed by atoms with Gasteiger partial charge in [-0.1, -0.05) is 24.3 Å². The van der Waals surface area contributed by atoms with Gasteiger partial charge in [-0.05, 0) is 49.4 Å². The molecular weight excluding hydrogens is 390 g/mol. The number of rotatable bonds is 5. The van der Waals surface area contributed by atoms with E-state index in [1.807, 2.05) is 58.3 Å². The number of nitrogens with zero attached hydrogens (tertiary/aromatic N) is 4. The van der Waals surface area contributed by atoms with Crippen LogP contribution in [0, 0.1) is 5.92 Å². The Hall–Kier alpha value is -3.09. The zero-order valence-electron chi connectivity index (χ0n) is 17.9. The van der Waals surface area contributed by atoms with Crippen LogP contribution in [0.25, 0.3) is 0 Å². The third-order valence-electron chi connectivity index (χ3n) is 6.20. The maximum atomic E-state index is 12.7. The van der Waals surface area contributed by atoms with Crippen molar-refractivity contribution in [3.63, 3.8) is 0 Å². The van der Waals surface area contributed by atoms with Crippen molar-refractivity contribution in [3.05, 3.63) is 54.7 Å². The smallest absolute Gasteiger partial charge is 0.321 e. The molecule has 2 aliphatic heterocycles. The summed E-state index contributed by atoms with van der Waals surface area (Å²) in [4.78, 5) is 35.8. The van der Waals surface area contributed by atoms with Crippen LogP contribution in [0.15, 0.2) is 54.7 Å². The molecule has 0 bridgehead atoms. The Morgan fingerprint density at radius 2 is 1.71 bits per heavy atom. The first-order chi connectivity index (χ1) is 15.2. The number of piperidine rings is 1. The number of pyridine rings is 1. The highest BCUT2D eigenvalue weighted by Crippen LogP contribution is 2.23. The molecule has 1 aromatic heterocycles. The van der Waals surface area contributed by atoms with Crippen LogP contribution in [0.5, 0.6) is 0 Å². The lowest BCUT2D eigenvalue weighted by Crippen LogP contribution is -2.49. The second-order valence-electron chi connectivity index (χ2n) is 8.34. The Balaban J connectivity index is 1.20. The van der Waals surface area contributed by atoms with Crippen molar-refractivity contribution in [2.75, 3.05) is 49.5 Å². The van der Waals surface area contributed by atoms with Gasteiger partial charge in [-0.2, -0.15) is 0 Å². The first-order valence-corrected chi connectivity index (χ1v) is 11.2. The predicted octanol–water partition coefficient (Wildman–Crippen LogP) is 3.45. The van der Waals surface area contributed by atoms with E-state index >= 15 is 0 Å². The predicted molar refractivity (Wildman–Crippen MR) is 122 cm³/mol. The third kappa shape index (κ3) is 5.75. The van der Waals surface area contributed by atoms with Gasteiger partial charge in [0.05, 0.1) is 0 Å². The number of para-hydroxylation sites is 1. The Kier molecular flexibility index (Phi) is 7.02. The number of urea groups is 1. The minimum atomic E-state index is -0.0483. The molecule has 2 saturated heterocycles. The number of benzene rings is 1. The zero-order valence-corrected chi connectivity index (χ0v) is 17.9. The average Bonchev–Trinajstić information content (AvgIpc) is 2.84. The highest BCUT2D eigenvalue weighted by Gasteiger charge is 2.26. The van der Waals surface area contributed by atoms with Crippen LogP contribution in [0.2, 0.25) is 0 Å². The van der Waals surface area contributed by atoms with Gasteiger partial charge in [-0.25, -0.2) is 9.78 Å². The molecule has 31 heavy (non-hydrogen) atoms. The molecule has 1 N–H and O–H groups in total. The van der Waals surface area contributed by atoms with Crippen molar-refractivity contribution < 1.29 is 9.59 Å². The van der Waals surface area contributed by atoms with Crippen LogP contribution in [-0.2, 0) is 4.79 Å². The van der Waals surface area contributed by atoms with Crippen molar-refractivity contribution in [1.82, 2.24) is 14.8 Å². The van der Waals surface area contributed by atoms with Gasteiger partial charge in [0, 0.05) is 57.6 Å². The van der Waals surface area contributed by atoms with E-state index in [9.17, 15) is 9.59 Å². The van der Waals surface area contributed by atoms with Crippen molar-refractivity contribution in [3.8, 4) is 0 Å². The number of anilines is 2. The minimum Gasteiger partial charge on any atom is -0.353 e. The Bertz CT molecular complexity index is 853. The maximum absolute atomic E-state index is 12.7. The molecule has 1 unspecified atom stereocenters. The second kappa shape index (κ2) is 10.3. The number of carbonyl (C=O) groups excluding carboxylic acids is 2. The molecule has 7 nitrogen and oxygen atoms in total. The molecule has 2 aliphatic rings. The van der Waals surface area contributed by atoms with E-state index in [0.717, 1.165) is 70.0 Å². The summed E-state index contributed by atoms with van der Waals surface area (Å²) in [6, 6.07) is 15.4. The molecule has 0 saturated carbocycles. The molecule has 164 valence electrons. The van der Waals surface area contributed by atoms with Gasteiger partial charge in [0.15, 0.2) is 0 Å². The highest BCUT2D eigenvalue weighted by atomic mass is 16.2. The van der Waals surface area contributed by atoms with Crippen LogP contribution in [-0.4, -0.2) is 66.0 Å². The van der Waals surface area contributed by atoms with Crippen LogP contribution in [0.4, 0.5) is 16.3 Å². The first kappa shape index (κ1) is 21.2. The Labute approximate surface area is 184 Å². The van der Waals surface area contributed by atoms with E-state index < -0.39 is 0 Å². The Morgan fingerprint density at radius 3 is 2.45 bits per heavy atom. The van der Waals surface area contributed by atoms with Crippen LogP contribution in [0.3, 0.4) is 0 Å². The highest BCUT2D eigenvalue weighted by molar-refractivity contribution is 5.89. The fraction of sp³-hybridized carbons (Fsp3) is 0.458. The summed E-state index contributed by atoms with van der Waals surface area (Å²) in [5.41, 5.74) is 0.814. The number of carbonyl (C=O) groups is 2. The summed E-state index contributed by atoms with van der Waals surface area (Å²) in [5.74, 6) is 1.59. The molecule has 0 radical (unpaired) electrons. The van der Waals surface area contributed by atoms with Gasteiger partial charge < -0.3 is 20.0 Å². The van der Waals surface area contributed by atoms with Gasteiger partial charge in [-0.15, -0.1) is 0 Å². The lowest BCUT2D eigenvalue weighted by molar-refractivity contribution is -0.131. The number of piperazine rings is 1. The molecular formula is C24H31N5O2. The lowest BCUT2D eigenvalue weighted by Gasteiger charge is -2.36. The number of aromatic nitrogens is 1. The van der Waals surface area contributed by atoms with E-state index in [1.54, 1.807) is 6.20 Å². The van der Waals surface area contributed by atoms with Crippen molar-refractivity contribution in [1.29, 1.82) is 0 Å². The molecule has 1 atom stereocenters. The quantitative estimate of drug-likeness (QED) is 0.803. The molecule has 2 fully saturated rings. The third-order valence-corrected chi connectivity index (χ3v) is 6.20. The van der Waals surface area contributed by atoms with Crippen LogP contribution in [0.1, 0.15) is 25.7 Å². The largest absolute Gasteiger partial charge is 0.353 e. The van der Waals surface area contributed by atoms with Gasteiger partial charge in [0.1, 0.15) is 5.82 Å².